The van der Waals surface area contributed by atoms with Gasteiger partial charge in [0.25, 0.3) is 0 Å². The molecule has 1 atom stereocenters. The van der Waals surface area contributed by atoms with Gasteiger partial charge in [-0.15, -0.1) is 0 Å². The van der Waals surface area contributed by atoms with Crippen LogP contribution in [0.1, 0.15) is 25.0 Å². The standard InChI is InChI=1S/C10H13FO2/c1-3-8(12)10-7(11)5-4-6-9(10)13-2/h4-6,8,12H,3H2,1-2H3. The maximum absolute atomic E-state index is 13.2. The molecule has 0 aliphatic rings. The third-order valence-corrected chi connectivity index (χ3v) is 1.95. The summed E-state index contributed by atoms with van der Waals surface area (Å²) < 4.78 is 18.2. The highest BCUT2D eigenvalue weighted by Crippen LogP contribution is 2.29. The zero-order chi connectivity index (χ0) is 9.84. The molecule has 0 radical (unpaired) electrons. The summed E-state index contributed by atoms with van der Waals surface area (Å²) >= 11 is 0. The van der Waals surface area contributed by atoms with Gasteiger partial charge in [0.15, 0.2) is 0 Å². The quantitative estimate of drug-likeness (QED) is 0.780. The fraction of sp³-hybridized carbons (Fsp3) is 0.400. The summed E-state index contributed by atoms with van der Waals surface area (Å²) in [5.74, 6) is -0.0250. The first-order chi connectivity index (χ1) is 6.20. The number of aliphatic hydroxyl groups is 1. The molecular formula is C10H13FO2. The van der Waals surface area contributed by atoms with E-state index in [2.05, 4.69) is 0 Å². The normalized spacial score (nSPS) is 12.6. The number of rotatable bonds is 3. The molecule has 0 heterocycles. The van der Waals surface area contributed by atoms with Crippen molar-refractivity contribution in [1.82, 2.24) is 0 Å². The fourth-order valence-corrected chi connectivity index (χ4v) is 1.22. The van der Waals surface area contributed by atoms with Crippen molar-refractivity contribution >= 4 is 0 Å². The summed E-state index contributed by atoms with van der Waals surface area (Å²) in [7, 11) is 1.46. The Kier molecular flexibility index (Phi) is 3.25. The molecule has 0 aromatic heterocycles. The van der Waals surface area contributed by atoms with E-state index in [4.69, 9.17) is 4.74 Å². The molecule has 3 heteroatoms. The zero-order valence-corrected chi connectivity index (χ0v) is 7.75. The van der Waals surface area contributed by atoms with Crippen LogP contribution >= 0.6 is 0 Å². The molecule has 2 nitrogen and oxygen atoms in total. The van der Waals surface area contributed by atoms with Crippen molar-refractivity contribution in [1.29, 1.82) is 0 Å². The molecule has 1 aromatic rings. The molecule has 0 saturated carbocycles. The van der Waals surface area contributed by atoms with E-state index in [1.165, 1.54) is 13.2 Å². The van der Waals surface area contributed by atoms with Gasteiger partial charge in [0, 0.05) is 0 Å². The Balaban J connectivity index is 3.14. The Morgan fingerprint density at radius 1 is 1.54 bits per heavy atom. The monoisotopic (exact) mass is 184 g/mol. The summed E-state index contributed by atoms with van der Waals surface area (Å²) in [4.78, 5) is 0. The zero-order valence-electron chi connectivity index (χ0n) is 7.75. The van der Waals surface area contributed by atoms with Crippen molar-refractivity contribution in [2.45, 2.75) is 19.4 Å². The van der Waals surface area contributed by atoms with Crippen LogP contribution in [0.15, 0.2) is 18.2 Å². The second kappa shape index (κ2) is 4.23. The van der Waals surface area contributed by atoms with Crippen molar-refractivity contribution < 1.29 is 14.2 Å². The van der Waals surface area contributed by atoms with E-state index >= 15 is 0 Å². The number of methoxy groups -OCH3 is 1. The molecule has 1 aromatic carbocycles. The largest absolute Gasteiger partial charge is 0.496 e. The number of halogens is 1. The van der Waals surface area contributed by atoms with Crippen LogP contribution in [-0.2, 0) is 0 Å². The molecule has 1 rings (SSSR count). The van der Waals surface area contributed by atoms with Crippen LogP contribution in [0.5, 0.6) is 5.75 Å². The van der Waals surface area contributed by atoms with Crippen molar-refractivity contribution in [2.75, 3.05) is 7.11 Å². The number of hydrogen-bond donors (Lipinski definition) is 1. The van der Waals surface area contributed by atoms with Crippen LogP contribution < -0.4 is 4.74 Å². The van der Waals surface area contributed by atoms with E-state index in [-0.39, 0.29) is 5.56 Å². The fourth-order valence-electron chi connectivity index (χ4n) is 1.22. The second-order valence-corrected chi connectivity index (χ2v) is 2.78. The Labute approximate surface area is 77.0 Å². The van der Waals surface area contributed by atoms with E-state index in [1.54, 1.807) is 19.1 Å². The molecule has 13 heavy (non-hydrogen) atoms. The minimum absolute atomic E-state index is 0.243. The highest BCUT2D eigenvalue weighted by molar-refractivity contribution is 5.36. The molecule has 0 fully saturated rings. The van der Waals surface area contributed by atoms with Crippen LogP contribution in [-0.4, -0.2) is 12.2 Å². The molecule has 1 N–H and O–H groups in total. The minimum atomic E-state index is -0.795. The predicted octanol–water partition coefficient (Wildman–Crippen LogP) is 2.28. The molecule has 72 valence electrons. The van der Waals surface area contributed by atoms with E-state index in [9.17, 15) is 9.50 Å². The van der Waals surface area contributed by atoms with Gasteiger partial charge in [0.1, 0.15) is 11.6 Å². The van der Waals surface area contributed by atoms with E-state index < -0.39 is 11.9 Å². The number of hydrogen-bond acceptors (Lipinski definition) is 2. The Morgan fingerprint density at radius 3 is 2.77 bits per heavy atom. The molecule has 0 aliphatic heterocycles. The summed E-state index contributed by atoms with van der Waals surface area (Å²) in [6.45, 7) is 1.79. The summed E-state index contributed by atoms with van der Waals surface area (Å²) in [6.07, 6.45) is -0.326. The molecule has 1 unspecified atom stereocenters. The number of benzene rings is 1. The van der Waals surface area contributed by atoms with E-state index in [0.717, 1.165) is 0 Å². The van der Waals surface area contributed by atoms with Crippen molar-refractivity contribution in [3.05, 3.63) is 29.6 Å². The van der Waals surface area contributed by atoms with Crippen LogP contribution in [0.4, 0.5) is 4.39 Å². The Morgan fingerprint density at radius 2 is 2.23 bits per heavy atom. The van der Waals surface area contributed by atoms with Gasteiger partial charge < -0.3 is 9.84 Å². The van der Waals surface area contributed by atoms with Crippen LogP contribution in [0.25, 0.3) is 0 Å². The maximum Gasteiger partial charge on any atom is 0.132 e. The lowest BCUT2D eigenvalue weighted by molar-refractivity contribution is 0.164. The maximum atomic E-state index is 13.2. The lowest BCUT2D eigenvalue weighted by Crippen LogP contribution is -2.02. The first kappa shape index (κ1) is 9.99. The van der Waals surface area contributed by atoms with Crippen LogP contribution in [0, 0.1) is 5.82 Å². The molecule has 0 amide bonds. The van der Waals surface area contributed by atoms with Crippen LogP contribution in [0.3, 0.4) is 0 Å². The van der Waals surface area contributed by atoms with Gasteiger partial charge in [-0.2, -0.15) is 0 Å². The predicted molar refractivity (Wildman–Crippen MR) is 48.2 cm³/mol. The van der Waals surface area contributed by atoms with E-state index in [0.29, 0.717) is 12.2 Å². The van der Waals surface area contributed by atoms with Gasteiger partial charge >= 0.3 is 0 Å². The lowest BCUT2D eigenvalue weighted by atomic mass is 10.1. The third kappa shape index (κ3) is 1.98. The Hall–Kier alpha value is -1.09. The molecule has 0 aliphatic carbocycles. The SMILES string of the molecule is CCC(O)c1c(F)cccc1OC. The smallest absolute Gasteiger partial charge is 0.132 e. The highest BCUT2D eigenvalue weighted by Gasteiger charge is 2.15. The third-order valence-electron chi connectivity index (χ3n) is 1.95. The van der Waals surface area contributed by atoms with Crippen molar-refractivity contribution in [3.8, 4) is 5.75 Å². The second-order valence-electron chi connectivity index (χ2n) is 2.78. The molecule has 0 saturated heterocycles. The summed E-state index contributed by atoms with van der Waals surface area (Å²) in [5.41, 5.74) is 0.243. The van der Waals surface area contributed by atoms with Crippen LogP contribution in [0.2, 0.25) is 0 Å². The van der Waals surface area contributed by atoms with Gasteiger partial charge in [-0.25, -0.2) is 4.39 Å². The lowest BCUT2D eigenvalue weighted by Gasteiger charge is -2.13. The van der Waals surface area contributed by atoms with Gasteiger partial charge in [0.2, 0.25) is 0 Å². The molecular weight excluding hydrogens is 171 g/mol. The molecule has 0 bridgehead atoms. The van der Waals surface area contributed by atoms with Gasteiger partial charge in [-0.05, 0) is 18.6 Å². The first-order valence-electron chi connectivity index (χ1n) is 4.21. The molecule has 0 spiro atoms. The first-order valence-corrected chi connectivity index (χ1v) is 4.21. The van der Waals surface area contributed by atoms with Gasteiger partial charge in [0.05, 0.1) is 18.8 Å². The Bertz CT molecular complexity index is 286. The highest BCUT2D eigenvalue weighted by atomic mass is 19.1. The number of aliphatic hydroxyl groups excluding tert-OH is 1. The summed E-state index contributed by atoms with van der Waals surface area (Å²) in [5, 5.41) is 9.50. The number of ether oxygens (including phenoxy) is 1. The average Bonchev–Trinajstić information content (AvgIpc) is 2.16. The average molecular weight is 184 g/mol. The van der Waals surface area contributed by atoms with Gasteiger partial charge in [-0.1, -0.05) is 13.0 Å². The van der Waals surface area contributed by atoms with Gasteiger partial charge in [-0.3, -0.25) is 0 Å². The van der Waals surface area contributed by atoms with Crippen molar-refractivity contribution in [3.63, 3.8) is 0 Å². The topological polar surface area (TPSA) is 29.5 Å². The van der Waals surface area contributed by atoms with Crippen molar-refractivity contribution in [2.24, 2.45) is 0 Å². The van der Waals surface area contributed by atoms with E-state index in [1.807, 2.05) is 0 Å². The minimum Gasteiger partial charge on any atom is -0.496 e. The summed E-state index contributed by atoms with van der Waals surface area (Å²) in [6, 6.07) is 4.51.